The third kappa shape index (κ3) is 3.03. The summed E-state index contributed by atoms with van der Waals surface area (Å²) >= 11 is 3.43. The molecular weight excluding hydrogens is 262 g/mol. The second-order valence-electron chi connectivity index (χ2n) is 4.20. The zero-order chi connectivity index (χ0) is 13.1. The summed E-state index contributed by atoms with van der Waals surface area (Å²) in [6.45, 7) is 6.45. The SMILES string of the molecule is CSc1ccc(NC(C)c2cc(C)sc2C)nn1. The minimum atomic E-state index is 0.254. The van der Waals surface area contributed by atoms with E-state index in [9.17, 15) is 0 Å². The minimum Gasteiger partial charge on any atom is -0.362 e. The first-order valence-electron chi connectivity index (χ1n) is 5.81. The number of nitrogens with zero attached hydrogens (tertiary/aromatic N) is 2. The summed E-state index contributed by atoms with van der Waals surface area (Å²) in [5.41, 5.74) is 1.34. The van der Waals surface area contributed by atoms with Gasteiger partial charge in [-0.05, 0) is 50.8 Å². The number of thiophene rings is 1. The van der Waals surface area contributed by atoms with Gasteiger partial charge in [-0.15, -0.1) is 33.3 Å². The summed E-state index contributed by atoms with van der Waals surface area (Å²) in [5, 5.41) is 12.6. The van der Waals surface area contributed by atoms with Crippen LogP contribution in [0, 0.1) is 13.8 Å². The molecule has 2 rings (SSSR count). The first-order chi connectivity index (χ1) is 8.60. The van der Waals surface area contributed by atoms with E-state index in [2.05, 4.69) is 42.4 Å². The number of aryl methyl sites for hydroxylation is 2. The van der Waals surface area contributed by atoms with Crippen LogP contribution in [-0.4, -0.2) is 16.5 Å². The summed E-state index contributed by atoms with van der Waals surface area (Å²) in [4.78, 5) is 2.71. The van der Waals surface area contributed by atoms with E-state index in [-0.39, 0.29) is 6.04 Å². The molecule has 0 amide bonds. The summed E-state index contributed by atoms with van der Waals surface area (Å²) in [6, 6.07) is 6.45. The average molecular weight is 279 g/mol. The van der Waals surface area contributed by atoms with Gasteiger partial charge >= 0.3 is 0 Å². The lowest BCUT2D eigenvalue weighted by Crippen LogP contribution is -2.08. The van der Waals surface area contributed by atoms with Crippen molar-refractivity contribution in [2.24, 2.45) is 0 Å². The molecule has 2 aromatic rings. The molecule has 0 aromatic carbocycles. The van der Waals surface area contributed by atoms with Crippen molar-refractivity contribution in [3.8, 4) is 0 Å². The van der Waals surface area contributed by atoms with Gasteiger partial charge in [0.1, 0.15) is 10.8 Å². The van der Waals surface area contributed by atoms with Crippen LogP contribution in [0.1, 0.15) is 28.3 Å². The zero-order valence-corrected chi connectivity index (χ0v) is 12.7. The maximum Gasteiger partial charge on any atom is 0.149 e. The molecule has 0 fully saturated rings. The third-order valence-corrected chi connectivity index (χ3v) is 4.38. The van der Waals surface area contributed by atoms with E-state index in [4.69, 9.17) is 0 Å². The largest absolute Gasteiger partial charge is 0.362 e. The van der Waals surface area contributed by atoms with E-state index < -0.39 is 0 Å². The van der Waals surface area contributed by atoms with Crippen LogP contribution in [-0.2, 0) is 0 Å². The Morgan fingerprint density at radius 1 is 1.28 bits per heavy atom. The number of hydrogen-bond donors (Lipinski definition) is 1. The summed E-state index contributed by atoms with van der Waals surface area (Å²) < 4.78 is 0. The molecule has 2 heterocycles. The average Bonchev–Trinajstić information content (AvgIpc) is 2.69. The van der Waals surface area contributed by atoms with Gasteiger partial charge in [0.15, 0.2) is 0 Å². The molecule has 0 saturated carbocycles. The van der Waals surface area contributed by atoms with Crippen molar-refractivity contribution in [3.05, 3.63) is 33.5 Å². The van der Waals surface area contributed by atoms with E-state index in [1.54, 1.807) is 11.8 Å². The first-order valence-corrected chi connectivity index (χ1v) is 7.85. The Morgan fingerprint density at radius 2 is 2.06 bits per heavy atom. The van der Waals surface area contributed by atoms with E-state index in [1.165, 1.54) is 15.3 Å². The van der Waals surface area contributed by atoms with Crippen LogP contribution in [0.5, 0.6) is 0 Å². The second-order valence-corrected chi connectivity index (χ2v) is 6.48. The van der Waals surface area contributed by atoms with Crippen LogP contribution in [0.4, 0.5) is 5.82 Å². The van der Waals surface area contributed by atoms with Gasteiger partial charge in [0.05, 0.1) is 6.04 Å². The summed E-state index contributed by atoms with van der Waals surface area (Å²) in [5.74, 6) is 0.823. The van der Waals surface area contributed by atoms with E-state index in [1.807, 2.05) is 29.7 Å². The standard InChI is InChI=1S/C13H17N3S2/c1-8-7-11(10(3)18-8)9(2)14-12-5-6-13(17-4)16-15-12/h5-7,9H,1-4H3,(H,14,15). The van der Waals surface area contributed by atoms with Crippen molar-refractivity contribution >= 4 is 28.9 Å². The lowest BCUT2D eigenvalue weighted by molar-refractivity contribution is 0.843. The molecule has 3 nitrogen and oxygen atoms in total. The summed E-state index contributed by atoms with van der Waals surface area (Å²) in [6.07, 6.45) is 2.00. The fraction of sp³-hybridized carbons (Fsp3) is 0.385. The molecule has 1 unspecified atom stereocenters. The number of thioether (sulfide) groups is 1. The molecule has 0 aliphatic rings. The molecule has 96 valence electrons. The minimum absolute atomic E-state index is 0.254. The lowest BCUT2D eigenvalue weighted by Gasteiger charge is -2.14. The second kappa shape index (κ2) is 5.71. The highest BCUT2D eigenvalue weighted by atomic mass is 32.2. The van der Waals surface area contributed by atoms with Gasteiger partial charge in [-0.1, -0.05) is 0 Å². The van der Waals surface area contributed by atoms with Gasteiger partial charge in [-0.3, -0.25) is 0 Å². The molecule has 2 aromatic heterocycles. The zero-order valence-electron chi connectivity index (χ0n) is 11.0. The molecular formula is C13H17N3S2. The maximum atomic E-state index is 4.17. The Balaban J connectivity index is 2.10. The van der Waals surface area contributed by atoms with Crippen LogP contribution < -0.4 is 5.32 Å². The molecule has 5 heteroatoms. The van der Waals surface area contributed by atoms with Gasteiger partial charge in [0, 0.05) is 9.75 Å². The van der Waals surface area contributed by atoms with Crippen LogP contribution >= 0.6 is 23.1 Å². The smallest absolute Gasteiger partial charge is 0.149 e. The molecule has 1 atom stereocenters. The van der Waals surface area contributed by atoms with Crippen molar-refractivity contribution in [3.63, 3.8) is 0 Å². The molecule has 0 radical (unpaired) electrons. The van der Waals surface area contributed by atoms with Crippen LogP contribution in [0.2, 0.25) is 0 Å². The van der Waals surface area contributed by atoms with Crippen molar-refractivity contribution in [2.75, 3.05) is 11.6 Å². The Kier molecular flexibility index (Phi) is 4.24. The number of rotatable bonds is 4. The Bertz CT molecular complexity index is 520. The molecule has 0 aliphatic carbocycles. The molecule has 0 bridgehead atoms. The van der Waals surface area contributed by atoms with E-state index in [0.717, 1.165) is 10.8 Å². The maximum absolute atomic E-state index is 4.17. The van der Waals surface area contributed by atoms with Crippen molar-refractivity contribution < 1.29 is 0 Å². The first kappa shape index (κ1) is 13.4. The van der Waals surface area contributed by atoms with Gasteiger partial charge in [0.2, 0.25) is 0 Å². The fourth-order valence-electron chi connectivity index (χ4n) is 1.89. The predicted octanol–water partition coefficient (Wildman–Crippen LogP) is 4.05. The van der Waals surface area contributed by atoms with Crippen LogP contribution in [0.3, 0.4) is 0 Å². The number of anilines is 1. The topological polar surface area (TPSA) is 37.8 Å². The summed E-state index contributed by atoms with van der Waals surface area (Å²) in [7, 11) is 0. The normalized spacial score (nSPS) is 12.4. The van der Waals surface area contributed by atoms with Gasteiger partial charge in [-0.2, -0.15) is 0 Å². The van der Waals surface area contributed by atoms with Crippen molar-refractivity contribution in [1.82, 2.24) is 10.2 Å². The molecule has 0 spiro atoms. The quantitative estimate of drug-likeness (QED) is 0.857. The van der Waals surface area contributed by atoms with E-state index in [0.29, 0.717) is 0 Å². The Labute approximate surface area is 116 Å². The Morgan fingerprint density at radius 3 is 2.56 bits per heavy atom. The van der Waals surface area contributed by atoms with Crippen LogP contribution in [0.15, 0.2) is 23.2 Å². The highest BCUT2D eigenvalue weighted by molar-refractivity contribution is 7.98. The molecule has 0 saturated heterocycles. The van der Waals surface area contributed by atoms with Gasteiger partial charge < -0.3 is 5.32 Å². The van der Waals surface area contributed by atoms with E-state index >= 15 is 0 Å². The lowest BCUT2D eigenvalue weighted by atomic mass is 10.1. The predicted molar refractivity (Wildman–Crippen MR) is 79.6 cm³/mol. The number of nitrogens with one attached hydrogen (secondary N) is 1. The monoisotopic (exact) mass is 279 g/mol. The highest BCUT2D eigenvalue weighted by Crippen LogP contribution is 2.28. The fourth-order valence-corrected chi connectivity index (χ4v) is 3.23. The van der Waals surface area contributed by atoms with Crippen molar-refractivity contribution in [1.29, 1.82) is 0 Å². The van der Waals surface area contributed by atoms with Gasteiger partial charge in [-0.25, -0.2) is 0 Å². The van der Waals surface area contributed by atoms with Crippen LogP contribution in [0.25, 0.3) is 0 Å². The van der Waals surface area contributed by atoms with Gasteiger partial charge in [0.25, 0.3) is 0 Å². The van der Waals surface area contributed by atoms with Crippen molar-refractivity contribution in [2.45, 2.75) is 31.8 Å². The number of aromatic nitrogens is 2. The number of hydrogen-bond acceptors (Lipinski definition) is 5. The Hall–Kier alpha value is -1.07. The third-order valence-electron chi connectivity index (χ3n) is 2.76. The molecule has 0 aliphatic heterocycles. The highest BCUT2D eigenvalue weighted by Gasteiger charge is 2.11. The molecule has 1 N–H and O–H groups in total. The molecule has 18 heavy (non-hydrogen) atoms.